The number of ether oxygens (including phenoxy) is 1. The van der Waals surface area contributed by atoms with E-state index in [9.17, 15) is 0 Å². The summed E-state index contributed by atoms with van der Waals surface area (Å²) in [5, 5.41) is 3.42. The van der Waals surface area contributed by atoms with Gasteiger partial charge in [-0.2, -0.15) is 0 Å². The molecule has 0 amide bonds. The van der Waals surface area contributed by atoms with E-state index in [-0.39, 0.29) is 0 Å². The highest BCUT2D eigenvalue weighted by atomic mass is 16.5. The second-order valence-electron chi connectivity index (χ2n) is 3.76. The molecule has 2 heteroatoms. The van der Waals surface area contributed by atoms with Gasteiger partial charge in [0.1, 0.15) is 5.75 Å². The normalized spacial score (nSPS) is 14.1. The van der Waals surface area contributed by atoms with Crippen LogP contribution in [0.25, 0.3) is 0 Å². The van der Waals surface area contributed by atoms with Gasteiger partial charge in [-0.25, -0.2) is 0 Å². The third-order valence-corrected chi connectivity index (χ3v) is 2.64. The van der Waals surface area contributed by atoms with Crippen LogP contribution in [0, 0.1) is 5.92 Å². The van der Waals surface area contributed by atoms with Crippen molar-refractivity contribution in [3.63, 3.8) is 0 Å². The average molecular weight is 205 g/mol. The highest BCUT2D eigenvalue weighted by molar-refractivity contribution is 5.47. The lowest BCUT2D eigenvalue weighted by molar-refractivity contribution is 0.415. The van der Waals surface area contributed by atoms with Crippen LogP contribution < -0.4 is 10.1 Å². The minimum Gasteiger partial charge on any atom is -0.497 e. The molecule has 0 aliphatic carbocycles. The van der Waals surface area contributed by atoms with E-state index in [1.54, 1.807) is 7.11 Å². The van der Waals surface area contributed by atoms with Crippen LogP contribution in [-0.2, 0) is 0 Å². The number of methoxy groups -OCH3 is 1. The van der Waals surface area contributed by atoms with Gasteiger partial charge in [0.15, 0.2) is 0 Å². The summed E-state index contributed by atoms with van der Waals surface area (Å²) in [6, 6.07) is 8.33. The van der Waals surface area contributed by atoms with Gasteiger partial charge in [0.2, 0.25) is 0 Å². The Morgan fingerprint density at radius 2 is 1.87 bits per heavy atom. The van der Waals surface area contributed by atoms with Crippen LogP contribution in [0.15, 0.2) is 36.9 Å². The monoisotopic (exact) mass is 205 g/mol. The Morgan fingerprint density at radius 1 is 1.27 bits per heavy atom. The second-order valence-corrected chi connectivity index (χ2v) is 3.76. The quantitative estimate of drug-likeness (QED) is 0.744. The predicted molar refractivity (Wildman–Crippen MR) is 65.4 cm³/mol. The van der Waals surface area contributed by atoms with Gasteiger partial charge in [0, 0.05) is 11.7 Å². The molecule has 0 radical (unpaired) electrons. The molecule has 82 valence electrons. The topological polar surface area (TPSA) is 21.3 Å². The zero-order chi connectivity index (χ0) is 11.3. The Balaban J connectivity index is 2.60. The summed E-state index contributed by atoms with van der Waals surface area (Å²) in [6.07, 6.45) is 1.96. The second kappa shape index (κ2) is 5.44. The molecule has 1 aromatic rings. The molecular formula is C13H19NO. The van der Waals surface area contributed by atoms with Gasteiger partial charge in [-0.1, -0.05) is 13.0 Å². The van der Waals surface area contributed by atoms with E-state index in [0.29, 0.717) is 12.0 Å². The van der Waals surface area contributed by atoms with Gasteiger partial charge < -0.3 is 10.1 Å². The predicted octanol–water partition coefficient (Wildman–Crippen LogP) is 3.32. The van der Waals surface area contributed by atoms with Gasteiger partial charge in [-0.15, -0.1) is 6.58 Å². The van der Waals surface area contributed by atoms with Gasteiger partial charge in [-0.3, -0.25) is 0 Å². The molecule has 0 saturated carbocycles. The third-order valence-electron chi connectivity index (χ3n) is 2.64. The molecule has 0 aliphatic heterocycles. The minimum atomic E-state index is 0.385. The van der Waals surface area contributed by atoms with Crippen LogP contribution in [0.3, 0.4) is 0 Å². The Hall–Kier alpha value is -1.44. The first kappa shape index (κ1) is 11.6. The Labute approximate surface area is 92.0 Å². The first-order chi connectivity index (χ1) is 7.17. The third kappa shape index (κ3) is 3.31. The Bertz CT molecular complexity index is 305. The Morgan fingerprint density at radius 3 is 2.33 bits per heavy atom. The van der Waals surface area contributed by atoms with Crippen molar-refractivity contribution in [3.05, 3.63) is 36.9 Å². The van der Waals surface area contributed by atoms with Gasteiger partial charge in [0.25, 0.3) is 0 Å². The van der Waals surface area contributed by atoms with Crippen molar-refractivity contribution in [3.8, 4) is 5.75 Å². The van der Waals surface area contributed by atoms with Crippen molar-refractivity contribution < 1.29 is 4.74 Å². The van der Waals surface area contributed by atoms with Crippen molar-refractivity contribution in [1.29, 1.82) is 0 Å². The lowest BCUT2D eigenvalue weighted by Gasteiger charge is -2.19. The number of hydrogen-bond acceptors (Lipinski definition) is 2. The van der Waals surface area contributed by atoms with Crippen molar-refractivity contribution in [2.75, 3.05) is 12.4 Å². The van der Waals surface area contributed by atoms with Crippen LogP contribution in [0.2, 0.25) is 0 Å². The molecule has 0 spiro atoms. The summed E-state index contributed by atoms with van der Waals surface area (Å²) < 4.78 is 5.10. The SMILES string of the molecule is C=CC(C)C(C)Nc1ccc(OC)cc1. The molecule has 1 rings (SSSR count). The van der Waals surface area contributed by atoms with Crippen LogP contribution in [0.5, 0.6) is 5.75 Å². The number of rotatable bonds is 5. The number of hydrogen-bond donors (Lipinski definition) is 1. The summed E-state index contributed by atoms with van der Waals surface area (Å²) in [6.45, 7) is 8.09. The molecule has 2 atom stereocenters. The van der Waals surface area contributed by atoms with Gasteiger partial charge in [0.05, 0.1) is 7.11 Å². The standard InChI is InChI=1S/C13H19NO/c1-5-10(2)11(3)14-12-6-8-13(15-4)9-7-12/h5-11,14H,1H2,2-4H3. The van der Waals surface area contributed by atoms with Crippen LogP contribution in [-0.4, -0.2) is 13.2 Å². The largest absolute Gasteiger partial charge is 0.497 e. The highest BCUT2D eigenvalue weighted by Gasteiger charge is 2.07. The summed E-state index contributed by atoms with van der Waals surface area (Å²) in [4.78, 5) is 0. The fourth-order valence-electron chi connectivity index (χ4n) is 1.29. The van der Waals surface area contributed by atoms with E-state index in [2.05, 4.69) is 25.7 Å². The molecule has 0 fully saturated rings. The molecule has 2 unspecified atom stereocenters. The van der Waals surface area contributed by atoms with Crippen molar-refractivity contribution >= 4 is 5.69 Å². The maximum Gasteiger partial charge on any atom is 0.119 e. The Kier molecular flexibility index (Phi) is 4.22. The summed E-state index contributed by atoms with van der Waals surface area (Å²) in [5.74, 6) is 1.33. The first-order valence-corrected chi connectivity index (χ1v) is 5.20. The first-order valence-electron chi connectivity index (χ1n) is 5.20. The molecule has 0 aromatic heterocycles. The van der Waals surface area contributed by atoms with E-state index < -0.39 is 0 Å². The minimum absolute atomic E-state index is 0.385. The van der Waals surface area contributed by atoms with E-state index in [1.165, 1.54) is 0 Å². The molecule has 0 saturated heterocycles. The number of benzene rings is 1. The molecule has 0 bridgehead atoms. The molecular weight excluding hydrogens is 186 g/mol. The molecule has 1 N–H and O–H groups in total. The fourth-order valence-corrected chi connectivity index (χ4v) is 1.29. The number of anilines is 1. The molecule has 15 heavy (non-hydrogen) atoms. The van der Waals surface area contributed by atoms with E-state index >= 15 is 0 Å². The fraction of sp³-hybridized carbons (Fsp3) is 0.385. The maximum atomic E-state index is 5.10. The zero-order valence-electron chi connectivity index (χ0n) is 9.66. The molecule has 0 aliphatic rings. The van der Waals surface area contributed by atoms with Crippen LogP contribution in [0.1, 0.15) is 13.8 Å². The van der Waals surface area contributed by atoms with Gasteiger partial charge in [-0.05, 0) is 37.1 Å². The van der Waals surface area contributed by atoms with Crippen LogP contribution in [0.4, 0.5) is 5.69 Å². The highest BCUT2D eigenvalue weighted by Crippen LogP contribution is 2.17. The number of nitrogens with one attached hydrogen (secondary N) is 1. The lowest BCUT2D eigenvalue weighted by Crippen LogP contribution is -2.21. The maximum absolute atomic E-state index is 5.10. The molecule has 0 heterocycles. The summed E-state index contributed by atoms with van der Waals surface area (Å²) in [5.41, 5.74) is 1.11. The van der Waals surface area contributed by atoms with Gasteiger partial charge >= 0.3 is 0 Å². The smallest absolute Gasteiger partial charge is 0.119 e. The van der Waals surface area contributed by atoms with E-state index in [0.717, 1.165) is 11.4 Å². The zero-order valence-corrected chi connectivity index (χ0v) is 9.66. The van der Waals surface area contributed by atoms with E-state index in [1.807, 2.05) is 30.3 Å². The molecule has 1 aromatic carbocycles. The average Bonchev–Trinajstić information content (AvgIpc) is 2.29. The van der Waals surface area contributed by atoms with Crippen LogP contribution >= 0.6 is 0 Å². The van der Waals surface area contributed by atoms with E-state index in [4.69, 9.17) is 4.74 Å². The van der Waals surface area contributed by atoms with Crippen molar-refractivity contribution in [2.45, 2.75) is 19.9 Å². The lowest BCUT2D eigenvalue weighted by atomic mass is 10.0. The molecule has 2 nitrogen and oxygen atoms in total. The van der Waals surface area contributed by atoms with Crippen molar-refractivity contribution in [1.82, 2.24) is 0 Å². The summed E-state index contributed by atoms with van der Waals surface area (Å²) in [7, 11) is 1.67. The van der Waals surface area contributed by atoms with Crippen molar-refractivity contribution in [2.24, 2.45) is 5.92 Å². The summed E-state index contributed by atoms with van der Waals surface area (Å²) >= 11 is 0.